The van der Waals surface area contributed by atoms with Crippen molar-refractivity contribution >= 4 is 27.9 Å². The highest BCUT2D eigenvalue weighted by atomic mass is 32.1. The standard InChI is InChI=1S/C23H28N4OS/c1-22(2)12-16-17(13-24)21(29-20(16)23(3,4)26-22)25-19(28)14-27-11-7-9-15-8-5-6-10-18(15)27/h5-6,8,10,26H,7,9,11-12,14H2,1-4H3,(H,25,28). The fourth-order valence-corrected chi connectivity index (χ4v) is 6.09. The molecule has 3 heterocycles. The van der Waals surface area contributed by atoms with Crippen LogP contribution in [0.15, 0.2) is 24.3 Å². The van der Waals surface area contributed by atoms with Gasteiger partial charge in [-0.2, -0.15) is 5.26 Å². The number of nitriles is 1. The molecule has 152 valence electrons. The van der Waals surface area contributed by atoms with E-state index in [-0.39, 0.29) is 17.0 Å². The third-order valence-corrected chi connectivity index (χ3v) is 7.22. The van der Waals surface area contributed by atoms with Gasteiger partial charge in [0.15, 0.2) is 0 Å². The van der Waals surface area contributed by atoms with Crippen LogP contribution in [0.5, 0.6) is 0 Å². The lowest BCUT2D eigenvalue weighted by molar-refractivity contribution is -0.115. The minimum Gasteiger partial charge on any atom is -0.362 e. The van der Waals surface area contributed by atoms with Gasteiger partial charge in [-0.3, -0.25) is 4.79 Å². The molecule has 2 aliphatic heterocycles. The second-order valence-electron chi connectivity index (χ2n) is 9.24. The first-order valence-corrected chi connectivity index (χ1v) is 11.0. The summed E-state index contributed by atoms with van der Waals surface area (Å²) in [6.45, 7) is 9.77. The first-order valence-electron chi connectivity index (χ1n) is 10.2. The predicted molar refractivity (Wildman–Crippen MR) is 119 cm³/mol. The van der Waals surface area contributed by atoms with Crippen LogP contribution >= 0.6 is 11.3 Å². The van der Waals surface area contributed by atoms with Crippen molar-refractivity contribution in [2.24, 2.45) is 0 Å². The molecule has 0 saturated carbocycles. The zero-order chi connectivity index (χ0) is 20.8. The highest BCUT2D eigenvalue weighted by Gasteiger charge is 2.40. The SMILES string of the molecule is CC1(C)Cc2c(sc(NC(=O)CN3CCCc4ccccc43)c2C#N)C(C)(C)N1. The van der Waals surface area contributed by atoms with E-state index in [1.807, 2.05) is 6.07 Å². The molecule has 0 fully saturated rings. The van der Waals surface area contributed by atoms with E-state index in [1.54, 1.807) is 0 Å². The number of hydrogen-bond donors (Lipinski definition) is 2. The van der Waals surface area contributed by atoms with Crippen molar-refractivity contribution in [3.63, 3.8) is 0 Å². The third-order valence-electron chi connectivity index (χ3n) is 5.75. The molecule has 29 heavy (non-hydrogen) atoms. The molecule has 0 bridgehead atoms. The van der Waals surface area contributed by atoms with Crippen molar-refractivity contribution in [3.05, 3.63) is 45.8 Å². The fraction of sp³-hybridized carbons (Fsp3) is 0.478. The number of nitrogens with one attached hydrogen (secondary N) is 2. The number of carbonyl (C=O) groups excluding carboxylic acids is 1. The molecule has 6 heteroatoms. The van der Waals surface area contributed by atoms with Gasteiger partial charge in [0, 0.05) is 28.2 Å². The van der Waals surface area contributed by atoms with Crippen LogP contribution in [-0.2, 0) is 23.2 Å². The van der Waals surface area contributed by atoms with Gasteiger partial charge in [-0.1, -0.05) is 18.2 Å². The molecule has 0 radical (unpaired) electrons. The van der Waals surface area contributed by atoms with Gasteiger partial charge in [-0.05, 0) is 64.2 Å². The van der Waals surface area contributed by atoms with Crippen LogP contribution in [0, 0.1) is 11.3 Å². The Balaban J connectivity index is 1.58. The van der Waals surface area contributed by atoms with Gasteiger partial charge in [0.1, 0.15) is 11.1 Å². The Bertz CT molecular complexity index is 999. The first-order chi connectivity index (χ1) is 13.7. The molecule has 0 aliphatic carbocycles. The number of thiophene rings is 1. The Morgan fingerprint density at radius 1 is 1.31 bits per heavy atom. The van der Waals surface area contributed by atoms with Gasteiger partial charge in [0.2, 0.25) is 5.91 Å². The van der Waals surface area contributed by atoms with Crippen LogP contribution in [-0.4, -0.2) is 24.5 Å². The Labute approximate surface area is 176 Å². The maximum atomic E-state index is 12.9. The molecule has 0 spiro atoms. The Hall–Kier alpha value is -2.36. The molecule has 1 aromatic carbocycles. The fourth-order valence-electron chi connectivity index (χ4n) is 4.85. The molecule has 1 amide bonds. The van der Waals surface area contributed by atoms with Crippen LogP contribution in [0.25, 0.3) is 0 Å². The average molecular weight is 409 g/mol. The normalized spacial score (nSPS) is 19.1. The largest absolute Gasteiger partial charge is 0.362 e. The minimum atomic E-state index is -0.234. The Morgan fingerprint density at radius 2 is 2.07 bits per heavy atom. The van der Waals surface area contributed by atoms with Crippen molar-refractivity contribution in [1.82, 2.24) is 5.32 Å². The second kappa shape index (κ2) is 7.16. The quantitative estimate of drug-likeness (QED) is 0.800. The number of rotatable bonds is 3. The second-order valence-corrected chi connectivity index (χ2v) is 10.3. The molecule has 2 aromatic rings. The summed E-state index contributed by atoms with van der Waals surface area (Å²) in [6, 6.07) is 10.7. The number of fused-ring (bicyclic) bond motifs is 2. The van der Waals surface area contributed by atoms with Gasteiger partial charge in [-0.25, -0.2) is 0 Å². The number of nitrogens with zero attached hydrogens (tertiary/aromatic N) is 2. The molecular weight excluding hydrogens is 380 g/mol. The number of amides is 1. The first kappa shape index (κ1) is 19.9. The van der Waals surface area contributed by atoms with Crippen molar-refractivity contribution in [2.75, 3.05) is 23.3 Å². The summed E-state index contributed by atoms with van der Waals surface area (Å²) < 4.78 is 0. The van der Waals surface area contributed by atoms with Gasteiger partial charge >= 0.3 is 0 Å². The number of benzene rings is 1. The summed E-state index contributed by atoms with van der Waals surface area (Å²) in [5, 5.41) is 17.2. The predicted octanol–water partition coefficient (Wildman–Crippen LogP) is 4.17. The molecule has 0 saturated heterocycles. The molecule has 1 aromatic heterocycles. The maximum absolute atomic E-state index is 12.9. The summed E-state index contributed by atoms with van der Waals surface area (Å²) in [6.07, 6.45) is 2.89. The van der Waals surface area contributed by atoms with Crippen LogP contribution in [0.2, 0.25) is 0 Å². The average Bonchev–Trinajstić information content (AvgIpc) is 2.98. The van der Waals surface area contributed by atoms with Gasteiger partial charge in [0.25, 0.3) is 0 Å². The van der Waals surface area contributed by atoms with Crippen molar-refractivity contribution < 1.29 is 4.79 Å². The molecule has 0 atom stereocenters. The molecule has 2 aliphatic rings. The number of anilines is 2. The lowest BCUT2D eigenvalue weighted by Gasteiger charge is -2.42. The maximum Gasteiger partial charge on any atom is 0.244 e. The van der Waals surface area contributed by atoms with Crippen LogP contribution < -0.4 is 15.5 Å². The van der Waals surface area contributed by atoms with Crippen LogP contribution in [0.1, 0.15) is 55.7 Å². The van der Waals surface area contributed by atoms with Crippen LogP contribution in [0.3, 0.4) is 0 Å². The van der Waals surface area contributed by atoms with E-state index in [0.717, 1.165) is 41.9 Å². The Morgan fingerprint density at radius 3 is 2.83 bits per heavy atom. The number of aryl methyl sites for hydroxylation is 1. The topological polar surface area (TPSA) is 68.2 Å². The monoisotopic (exact) mass is 408 g/mol. The van der Waals surface area contributed by atoms with Gasteiger partial charge in [0.05, 0.1) is 12.1 Å². The van der Waals surface area contributed by atoms with E-state index in [2.05, 4.69) is 67.5 Å². The van der Waals surface area contributed by atoms with E-state index >= 15 is 0 Å². The van der Waals surface area contributed by atoms with Crippen molar-refractivity contribution in [1.29, 1.82) is 5.26 Å². The highest BCUT2D eigenvalue weighted by molar-refractivity contribution is 7.17. The zero-order valence-electron chi connectivity index (χ0n) is 17.6. The molecular formula is C23H28N4OS. The van der Waals surface area contributed by atoms with E-state index in [4.69, 9.17) is 0 Å². The smallest absolute Gasteiger partial charge is 0.244 e. The van der Waals surface area contributed by atoms with Gasteiger partial charge in [-0.15, -0.1) is 11.3 Å². The summed E-state index contributed by atoms with van der Waals surface area (Å²) >= 11 is 1.53. The number of para-hydroxylation sites is 1. The highest BCUT2D eigenvalue weighted by Crippen LogP contribution is 2.44. The summed E-state index contributed by atoms with van der Waals surface area (Å²) in [4.78, 5) is 16.2. The van der Waals surface area contributed by atoms with Crippen LogP contribution in [0.4, 0.5) is 10.7 Å². The summed E-state index contributed by atoms with van der Waals surface area (Å²) in [7, 11) is 0. The zero-order valence-corrected chi connectivity index (χ0v) is 18.4. The lowest BCUT2D eigenvalue weighted by Crippen LogP contribution is -2.54. The van der Waals surface area contributed by atoms with Crippen molar-refractivity contribution in [2.45, 2.75) is 58.0 Å². The van der Waals surface area contributed by atoms with E-state index < -0.39 is 0 Å². The number of carbonyl (C=O) groups is 1. The molecule has 4 rings (SSSR count). The minimum absolute atomic E-state index is 0.0678. The lowest BCUT2D eigenvalue weighted by atomic mass is 9.81. The van der Waals surface area contributed by atoms with E-state index in [0.29, 0.717) is 17.1 Å². The summed E-state index contributed by atoms with van der Waals surface area (Å²) in [5.41, 5.74) is 3.81. The molecule has 2 N–H and O–H groups in total. The van der Waals surface area contributed by atoms with Gasteiger partial charge < -0.3 is 15.5 Å². The molecule has 0 unspecified atom stereocenters. The Kier molecular flexibility index (Phi) is 4.92. The third kappa shape index (κ3) is 3.77. The summed E-state index contributed by atoms with van der Waals surface area (Å²) in [5.74, 6) is -0.0678. The van der Waals surface area contributed by atoms with E-state index in [1.165, 1.54) is 16.9 Å². The number of hydrogen-bond acceptors (Lipinski definition) is 5. The van der Waals surface area contributed by atoms with Crippen molar-refractivity contribution in [3.8, 4) is 6.07 Å². The van der Waals surface area contributed by atoms with E-state index in [9.17, 15) is 10.1 Å². The molecule has 5 nitrogen and oxygen atoms in total.